The number of aliphatic carboxylic acids is 1. The number of hydrogen-bond acceptors (Lipinski definition) is 4. The predicted octanol–water partition coefficient (Wildman–Crippen LogP) is 2.49. The highest BCUT2D eigenvalue weighted by molar-refractivity contribution is 5.66. The second-order valence-electron chi connectivity index (χ2n) is 6.70. The van der Waals surface area contributed by atoms with E-state index in [4.69, 9.17) is 5.11 Å². The zero-order valence-corrected chi connectivity index (χ0v) is 14.1. The van der Waals surface area contributed by atoms with Gasteiger partial charge in [0, 0.05) is 18.8 Å². The van der Waals surface area contributed by atoms with Crippen LogP contribution in [0.3, 0.4) is 0 Å². The van der Waals surface area contributed by atoms with E-state index in [1.54, 1.807) is 6.08 Å². The first kappa shape index (κ1) is 20.1. The summed E-state index contributed by atoms with van der Waals surface area (Å²) in [5.74, 6) is -1.02. The highest BCUT2D eigenvalue weighted by Gasteiger charge is 2.39. The number of unbranched alkanes of at least 4 members (excludes halogenated alkanes) is 3. The van der Waals surface area contributed by atoms with Crippen molar-refractivity contribution in [1.82, 2.24) is 0 Å². The summed E-state index contributed by atoms with van der Waals surface area (Å²) in [6.07, 6.45) is 8.37. The van der Waals surface area contributed by atoms with E-state index < -0.39 is 24.3 Å². The average molecular weight is 328 g/mol. The minimum Gasteiger partial charge on any atom is -0.481 e. The van der Waals surface area contributed by atoms with Crippen LogP contribution in [0.15, 0.2) is 12.2 Å². The molecule has 0 aromatic heterocycles. The molecule has 0 aromatic rings. The van der Waals surface area contributed by atoms with Gasteiger partial charge < -0.3 is 20.4 Å². The molecule has 1 fully saturated rings. The van der Waals surface area contributed by atoms with Crippen molar-refractivity contribution in [1.29, 1.82) is 0 Å². The Morgan fingerprint density at radius 3 is 2.57 bits per heavy atom. The zero-order valence-electron chi connectivity index (χ0n) is 14.1. The molecule has 5 heteroatoms. The Balaban J connectivity index is 2.46. The minimum atomic E-state index is -0.802. The second-order valence-corrected chi connectivity index (χ2v) is 6.70. The summed E-state index contributed by atoms with van der Waals surface area (Å²) in [6.45, 7) is 2.12. The van der Waals surface area contributed by atoms with Crippen LogP contribution in [0.4, 0.5) is 0 Å². The van der Waals surface area contributed by atoms with Gasteiger partial charge in [-0.1, -0.05) is 44.8 Å². The summed E-state index contributed by atoms with van der Waals surface area (Å²) in [5.41, 5.74) is 0. The molecule has 4 N–H and O–H groups in total. The van der Waals surface area contributed by atoms with Crippen LogP contribution >= 0.6 is 0 Å². The summed E-state index contributed by atoms with van der Waals surface area (Å²) in [7, 11) is 0. The van der Waals surface area contributed by atoms with Crippen molar-refractivity contribution >= 4 is 5.97 Å². The summed E-state index contributed by atoms with van der Waals surface area (Å²) in [5, 5.41) is 38.8. The minimum absolute atomic E-state index is 0.0575. The Morgan fingerprint density at radius 1 is 1.17 bits per heavy atom. The molecule has 23 heavy (non-hydrogen) atoms. The van der Waals surface area contributed by atoms with Crippen LogP contribution in [0.25, 0.3) is 0 Å². The van der Waals surface area contributed by atoms with Crippen LogP contribution in [0, 0.1) is 11.8 Å². The standard InChI is InChI=1S/C18H32O5/c1-2-3-4-7-13(19)10-11-15-14(16(20)12-17(15)21)8-5-6-9-18(22)23/h10-11,13-17,19-21H,2-9,12H2,1H3,(H,22,23)/b11-10+/t13-,14-,15+,16-,17+/m1/s1. The van der Waals surface area contributed by atoms with E-state index in [9.17, 15) is 20.1 Å². The molecular formula is C18H32O5. The number of aliphatic hydroxyl groups is 3. The van der Waals surface area contributed by atoms with Gasteiger partial charge in [0.1, 0.15) is 0 Å². The summed E-state index contributed by atoms with van der Waals surface area (Å²) in [6, 6.07) is 0. The number of carboxylic acids is 1. The van der Waals surface area contributed by atoms with Gasteiger partial charge in [0.25, 0.3) is 0 Å². The molecule has 0 aliphatic heterocycles. The Hall–Kier alpha value is -0.910. The summed E-state index contributed by atoms with van der Waals surface area (Å²) >= 11 is 0. The number of carbonyl (C=O) groups is 1. The average Bonchev–Trinajstić information content (AvgIpc) is 2.75. The number of rotatable bonds is 11. The van der Waals surface area contributed by atoms with Gasteiger partial charge in [0.2, 0.25) is 0 Å². The largest absolute Gasteiger partial charge is 0.481 e. The van der Waals surface area contributed by atoms with Gasteiger partial charge in [-0.25, -0.2) is 0 Å². The van der Waals surface area contributed by atoms with Crippen LogP contribution in [-0.2, 0) is 4.79 Å². The van der Waals surface area contributed by atoms with Crippen molar-refractivity contribution in [2.75, 3.05) is 0 Å². The lowest BCUT2D eigenvalue weighted by Gasteiger charge is -2.21. The van der Waals surface area contributed by atoms with Crippen molar-refractivity contribution in [3.05, 3.63) is 12.2 Å². The molecule has 0 unspecified atom stereocenters. The van der Waals surface area contributed by atoms with Crippen LogP contribution in [0.1, 0.15) is 64.7 Å². The Kier molecular flexibility index (Phi) is 9.44. The maximum absolute atomic E-state index is 10.5. The molecule has 0 heterocycles. The van der Waals surface area contributed by atoms with Crippen molar-refractivity contribution in [2.45, 2.75) is 83.0 Å². The lowest BCUT2D eigenvalue weighted by Crippen LogP contribution is -2.21. The molecule has 1 rings (SSSR count). The van der Waals surface area contributed by atoms with Gasteiger partial charge in [0.05, 0.1) is 18.3 Å². The van der Waals surface area contributed by atoms with Crippen molar-refractivity contribution < 1.29 is 25.2 Å². The molecular weight excluding hydrogens is 296 g/mol. The quantitative estimate of drug-likeness (QED) is 0.345. The molecule has 0 aromatic carbocycles. The lowest BCUT2D eigenvalue weighted by molar-refractivity contribution is -0.137. The molecule has 0 spiro atoms. The van der Waals surface area contributed by atoms with Gasteiger partial charge >= 0.3 is 5.97 Å². The normalized spacial score (nSPS) is 29.2. The maximum atomic E-state index is 10.5. The molecule has 0 saturated heterocycles. The third kappa shape index (κ3) is 7.46. The first-order valence-corrected chi connectivity index (χ1v) is 8.90. The van der Waals surface area contributed by atoms with E-state index in [1.807, 2.05) is 6.08 Å². The van der Waals surface area contributed by atoms with Gasteiger partial charge in [-0.05, 0) is 25.2 Å². The fourth-order valence-corrected chi connectivity index (χ4v) is 3.39. The molecule has 5 nitrogen and oxygen atoms in total. The molecule has 134 valence electrons. The third-order valence-electron chi connectivity index (χ3n) is 4.75. The second kappa shape index (κ2) is 10.8. The first-order chi connectivity index (χ1) is 11.0. The first-order valence-electron chi connectivity index (χ1n) is 8.90. The Morgan fingerprint density at radius 2 is 1.91 bits per heavy atom. The van der Waals surface area contributed by atoms with Crippen molar-refractivity contribution in [3.8, 4) is 0 Å². The van der Waals surface area contributed by atoms with Gasteiger partial charge in [0.15, 0.2) is 0 Å². The van der Waals surface area contributed by atoms with Crippen LogP contribution in [-0.4, -0.2) is 44.7 Å². The molecule has 0 amide bonds. The van der Waals surface area contributed by atoms with Gasteiger partial charge in [-0.2, -0.15) is 0 Å². The van der Waals surface area contributed by atoms with E-state index in [-0.39, 0.29) is 18.3 Å². The molecule has 1 saturated carbocycles. The van der Waals surface area contributed by atoms with E-state index in [1.165, 1.54) is 0 Å². The molecule has 1 aliphatic rings. The number of carboxylic acid groups (broad SMARTS) is 1. The molecule has 5 atom stereocenters. The monoisotopic (exact) mass is 328 g/mol. The van der Waals surface area contributed by atoms with E-state index in [2.05, 4.69) is 6.92 Å². The van der Waals surface area contributed by atoms with Gasteiger partial charge in [-0.15, -0.1) is 0 Å². The van der Waals surface area contributed by atoms with E-state index >= 15 is 0 Å². The van der Waals surface area contributed by atoms with Crippen molar-refractivity contribution in [3.63, 3.8) is 0 Å². The van der Waals surface area contributed by atoms with Crippen LogP contribution in [0.2, 0.25) is 0 Å². The Bertz CT molecular complexity index is 368. The lowest BCUT2D eigenvalue weighted by atomic mass is 9.88. The third-order valence-corrected chi connectivity index (χ3v) is 4.75. The predicted molar refractivity (Wildman–Crippen MR) is 89.0 cm³/mol. The van der Waals surface area contributed by atoms with E-state index in [0.29, 0.717) is 19.3 Å². The summed E-state index contributed by atoms with van der Waals surface area (Å²) in [4.78, 5) is 10.5. The molecule has 1 aliphatic carbocycles. The zero-order chi connectivity index (χ0) is 17.2. The van der Waals surface area contributed by atoms with Gasteiger partial charge in [-0.3, -0.25) is 4.79 Å². The van der Waals surface area contributed by atoms with Crippen molar-refractivity contribution in [2.24, 2.45) is 11.8 Å². The highest BCUT2D eigenvalue weighted by atomic mass is 16.4. The topological polar surface area (TPSA) is 98.0 Å². The molecule has 0 radical (unpaired) electrons. The maximum Gasteiger partial charge on any atom is 0.303 e. The van der Waals surface area contributed by atoms with Crippen LogP contribution in [0.5, 0.6) is 0 Å². The number of aliphatic hydroxyl groups excluding tert-OH is 3. The summed E-state index contributed by atoms with van der Waals surface area (Å²) < 4.78 is 0. The smallest absolute Gasteiger partial charge is 0.303 e. The SMILES string of the molecule is CCCCC[C@@H](O)/C=C/[C@H]1[C@@H](CCCCC(=O)O)[C@H](O)C[C@@H]1O. The van der Waals surface area contributed by atoms with Crippen LogP contribution < -0.4 is 0 Å². The Labute approximate surface area is 139 Å². The molecule has 0 bridgehead atoms. The highest BCUT2D eigenvalue weighted by Crippen LogP contribution is 2.37. The fourth-order valence-electron chi connectivity index (χ4n) is 3.39. The van der Waals surface area contributed by atoms with E-state index in [0.717, 1.165) is 32.1 Å². The number of hydrogen-bond donors (Lipinski definition) is 4. The fraction of sp³-hybridized carbons (Fsp3) is 0.833.